The number of azo groups is 1. The van der Waals surface area contributed by atoms with Crippen LogP contribution in [-0.2, 0) is 37.8 Å². The lowest BCUT2D eigenvalue weighted by atomic mass is 10.1. The summed E-state index contributed by atoms with van der Waals surface area (Å²) in [7, 11) is -3.07. The largest absolute Gasteiger partial charge is 0.505 e. The Balaban J connectivity index is 0.00000533. The summed E-state index contributed by atoms with van der Waals surface area (Å²) in [6.07, 6.45) is 0. The van der Waals surface area contributed by atoms with E-state index in [0.717, 1.165) is 24.2 Å². The molecule has 212 valence electrons. The molecule has 0 aromatic heterocycles. The van der Waals surface area contributed by atoms with Crippen LogP contribution < -0.4 is 5.32 Å². The van der Waals surface area contributed by atoms with Crippen LogP contribution in [0, 0.1) is 0 Å². The van der Waals surface area contributed by atoms with E-state index in [1.54, 1.807) is 24.3 Å². The summed E-state index contributed by atoms with van der Waals surface area (Å²) in [5, 5.41) is 45.8. The highest BCUT2D eigenvalue weighted by molar-refractivity contribution is 7.96. The number of nitrogens with zero attached hydrogens (tertiary/aromatic N) is 2. The van der Waals surface area contributed by atoms with Gasteiger partial charge in [0.05, 0.1) is 39.6 Å². The van der Waals surface area contributed by atoms with E-state index < -0.39 is 26.7 Å². The molecule has 0 radical (unpaired) electrons. The van der Waals surface area contributed by atoms with E-state index in [1.165, 1.54) is 13.1 Å². The number of anilines is 1. The Kier molecular flexibility index (Phi) is 12.6. The Morgan fingerprint density at radius 1 is 1.03 bits per heavy atom. The molecular formula is C19H19N3O13S4. The molecule has 39 heavy (non-hydrogen) atoms. The van der Waals surface area contributed by atoms with E-state index in [2.05, 4.69) is 34.3 Å². The van der Waals surface area contributed by atoms with Gasteiger partial charge in [0, 0.05) is 35.1 Å². The highest BCUT2D eigenvalue weighted by Crippen LogP contribution is 2.47. The van der Waals surface area contributed by atoms with Crippen LogP contribution in [0.25, 0.3) is 10.8 Å². The second-order valence-corrected chi connectivity index (χ2v) is 10.4. The number of aromatic hydroxyl groups is 1. The first-order valence-electron chi connectivity index (χ1n) is 9.80. The Hall–Kier alpha value is -2.73. The zero-order valence-corrected chi connectivity index (χ0v) is 22.6. The van der Waals surface area contributed by atoms with Crippen LogP contribution in [0.15, 0.2) is 67.4 Å². The number of phenols is 1. The van der Waals surface area contributed by atoms with Crippen molar-refractivity contribution in [1.29, 1.82) is 0 Å². The van der Waals surface area contributed by atoms with Crippen LogP contribution in [0.4, 0.5) is 17.1 Å². The molecule has 0 aliphatic carbocycles. The molecule has 0 saturated carbocycles. The Morgan fingerprint density at radius 2 is 1.72 bits per heavy atom. The molecule has 0 bridgehead atoms. The van der Waals surface area contributed by atoms with Crippen LogP contribution in [0.1, 0.15) is 0 Å². The van der Waals surface area contributed by atoms with Gasteiger partial charge in [0.1, 0.15) is 11.4 Å². The van der Waals surface area contributed by atoms with Crippen molar-refractivity contribution >= 4 is 80.1 Å². The summed E-state index contributed by atoms with van der Waals surface area (Å²) < 4.78 is 46.3. The van der Waals surface area contributed by atoms with Gasteiger partial charge in [-0.05, 0) is 47.9 Å². The van der Waals surface area contributed by atoms with E-state index in [-0.39, 0.29) is 38.3 Å². The van der Waals surface area contributed by atoms with Crippen LogP contribution in [-0.4, -0.2) is 52.8 Å². The fourth-order valence-electron chi connectivity index (χ4n) is 2.91. The lowest BCUT2D eigenvalue weighted by Crippen LogP contribution is -2.02. The predicted octanol–water partition coefficient (Wildman–Crippen LogP) is 4.47. The zero-order valence-electron chi connectivity index (χ0n) is 19.3. The molecule has 0 fully saturated rings. The van der Waals surface area contributed by atoms with Crippen LogP contribution in [0.3, 0.4) is 0 Å². The third-order valence-corrected chi connectivity index (χ3v) is 7.13. The van der Waals surface area contributed by atoms with Gasteiger partial charge >= 0.3 is 5.97 Å². The van der Waals surface area contributed by atoms with Crippen molar-refractivity contribution in [1.82, 2.24) is 0 Å². The van der Waals surface area contributed by atoms with Crippen molar-refractivity contribution in [2.45, 2.75) is 14.7 Å². The van der Waals surface area contributed by atoms with E-state index in [4.69, 9.17) is 14.7 Å². The molecule has 0 saturated heterocycles. The number of hydrogen-bond donors (Lipinski definition) is 5. The molecule has 0 aliphatic heterocycles. The third kappa shape index (κ3) is 8.89. The van der Waals surface area contributed by atoms with Crippen molar-refractivity contribution < 1.29 is 61.8 Å². The fraction of sp³-hybridized carbons (Fsp3) is 0.105. The van der Waals surface area contributed by atoms with Crippen LogP contribution in [0.2, 0.25) is 0 Å². The van der Waals surface area contributed by atoms with Gasteiger partial charge in [-0.25, -0.2) is 10.5 Å². The maximum absolute atomic E-state index is 11.7. The van der Waals surface area contributed by atoms with Gasteiger partial charge in [-0.2, -0.15) is 13.5 Å². The molecule has 3 rings (SSSR count). The van der Waals surface area contributed by atoms with Gasteiger partial charge in [0.25, 0.3) is 10.1 Å². The molecule has 16 nitrogen and oxygen atoms in total. The fourth-order valence-corrected chi connectivity index (χ4v) is 4.76. The van der Waals surface area contributed by atoms with Crippen molar-refractivity contribution in [2.24, 2.45) is 10.2 Å². The lowest BCUT2D eigenvalue weighted by Gasteiger charge is -2.13. The molecule has 0 atom stereocenters. The average Bonchev–Trinajstić information content (AvgIpc) is 2.89. The van der Waals surface area contributed by atoms with E-state index >= 15 is 0 Å². The van der Waals surface area contributed by atoms with Gasteiger partial charge in [-0.3, -0.25) is 9.35 Å². The summed E-state index contributed by atoms with van der Waals surface area (Å²) >= 11 is 1.76. The first-order chi connectivity index (χ1) is 18.2. The highest BCUT2D eigenvalue weighted by atomic mass is 32.2. The number of hydrogen-bond acceptors (Lipinski definition) is 17. The molecule has 3 aromatic carbocycles. The van der Waals surface area contributed by atoms with Crippen molar-refractivity contribution in [3.05, 3.63) is 42.5 Å². The molecule has 0 heterocycles. The van der Waals surface area contributed by atoms with E-state index in [9.17, 15) is 22.9 Å². The van der Waals surface area contributed by atoms with Gasteiger partial charge < -0.3 is 20.1 Å². The Labute approximate surface area is 232 Å². The monoisotopic (exact) mass is 625 g/mol. The van der Waals surface area contributed by atoms with Crippen molar-refractivity contribution in [3.8, 4) is 5.75 Å². The SMILES string of the molecule is CNc1cc(S(=O)(=O)O)cc2cc(SOOO)c(N=Nc3ccc(SOC(=O)CSOOO)cc3)c(O)c12.O. The number of carbonyl (C=O) groups excluding carboxylic acids is 1. The number of fused-ring (bicyclic) bond motifs is 1. The molecule has 0 unspecified atom stereocenters. The third-order valence-electron chi connectivity index (χ3n) is 4.43. The number of benzene rings is 3. The smallest absolute Gasteiger partial charge is 0.330 e. The summed E-state index contributed by atoms with van der Waals surface area (Å²) in [6, 6.07) is 9.91. The summed E-state index contributed by atoms with van der Waals surface area (Å²) in [4.78, 5) is 11.7. The minimum atomic E-state index is -4.56. The van der Waals surface area contributed by atoms with Crippen molar-refractivity contribution in [2.75, 3.05) is 18.1 Å². The van der Waals surface area contributed by atoms with Gasteiger partial charge in [0.15, 0.2) is 5.75 Å². The molecule has 0 amide bonds. The first-order valence-corrected chi connectivity index (χ1v) is 13.6. The average molecular weight is 626 g/mol. The van der Waals surface area contributed by atoms with Crippen molar-refractivity contribution in [3.63, 3.8) is 0 Å². The van der Waals surface area contributed by atoms with Gasteiger partial charge in [0.2, 0.25) is 0 Å². The zero-order chi connectivity index (χ0) is 27.7. The Morgan fingerprint density at radius 3 is 2.33 bits per heavy atom. The van der Waals surface area contributed by atoms with E-state index in [0.29, 0.717) is 34.7 Å². The minimum absolute atomic E-state index is 0. The van der Waals surface area contributed by atoms with Crippen LogP contribution in [0.5, 0.6) is 5.75 Å². The molecule has 0 spiro atoms. The quantitative estimate of drug-likeness (QED) is 0.0439. The molecule has 7 N–H and O–H groups in total. The second kappa shape index (κ2) is 15.2. The number of phenolic OH excluding ortho intramolecular Hbond substituents is 1. The lowest BCUT2D eigenvalue weighted by molar-refractivity contribution is -0.432. The molecule has 0 aliphatic rings. The highest BCUT2D eigenvalue weighted by Gasteiger charge is 2.21. The van der Waals surface area contributed by atoms with Gasteiger partial charge in [-0.1, -0.05) is 10.1 Å². The summed E-state index contributed by atoms with van der Waals surface area (Å²) in [5.74, 6) is -1.28. The Bertz CT molecular complexity index is 1420. The van der Waals surface area contributed by atoms with E-state index in [1.807, 2.05) is 0 Å². The second-order valence-electron chi connectivity index (χ2n) is 6.73. The maximum Gasteiger partial charge on any atom is 0.330 e. The maximum atomic E-state index is 11.7. The summed E-state index contributed by atoms with van der Waals surface area (Å²) in [5.41, 5.74) is 0.411. The summed E-state index contributed by atoms with van der Waals surface area (Å²) in [6.45, 7) is 0. The number of rotatable bonds is 13. The molecular weight excluding hydrogens is 606 g/mol. The van der Waals surface area contributed by atoms with Crippen LogP contribution >= 0.6 is 36.1 Å². The molecule has 3 aromatic rings. The molecule has 20 heteroatoms. The number of carbonyl (C=O) groups is 1. The normalized spacial score (nSPS) is 11.5. The first kappa shape index (κ1) is 32.5. The minimum Gasteiger partial charge on any atom is -0.505 e. The predicted molar refractivity (Wildman–Crippen MR) is 139 cm³/mol. The topological polar surface area (TPSA) is 247 Å². The standard InChI is InChI=1S/C19H17N3O12S4.H2O/c1-20-14-8-13(38(27,28)29)6-10-7-15(37-34-32-26)18(19(24)17(10)14)22-21-11-2-4-12(5-3-11)36-30-16(23)9-35-33-31-25;/h2-8,20,24-26H,9H2,1H3,(H,27,28,29);1H2. The number of nitrogens with one attached hydrogen (secondary N) is 1. The van der Waals surface area contributed by atoms with Gasteiger partial charge in [-0.15, -0.1) is 13.8 Å².